The lowest BCUT2D eigenvalue weighted by Crippen LogP contribution is -2.35. The highest BCUT2D eigenvalue weighted by Gasteiger charge is 2.23. The molecule has 6 nitrogen and oxygen atoms in total. The quantitative estimate of drug-likeness (QED) is 0.670. The molecule has 0 fully saturated rings. The van der Waals surface area contributed by atoms with Crippen LogP contribution in [0.4, 0.5) is 0 Å². The molecule has 1 unspecified atom stereocenters. The van der Waals surface area contributed by atoms with Crippen LogP contribution in [-0.2, 0) is 15.0 Å². The van der Waals surface area contributed by atoms with Crippen LogP contribution in [0.2, 0.25) is 0 Å². The van der Waals surface area contributed by atoms with Crippen LogP contribution in [0.5, 0.6) is 0 Å². The van der Waals surface area contributed by atoms with Gasteiger partial charge in [0.1, 0.15) is 0 Å². The molecule has 0 aromatic carbocycles. The van der Waals surface area contributed by atoms with E-state index in [0.717, 1.165) is 5.56 Å². The molecule has 1 heterocycles. The fourth-order valence-electron chi connectivity index (χ4n) is 2.27. The lowest BCUT2D eigenvalue weighted by molar-refractivity contribution is -0.137. The van der Waals surface area contributed by atoms with Crippen molar-refractivity contribution in [3.05, 3.63) is 23.5 Å². The number of carbonyl (C=O) groups is 3. The normalized spacial score (nSPS) is 12.6. The fraction of sp³-hybridized carbons (Fsp3) is 0.588. The Hall–Kier alpha value is -2.11. The molecule has 0 saturated heterocycles. The van der Waals surface area contributed by atoms with E-state index in [2.05, 4.69) is 15.6 Å². The number of Topliss-reactive ketones (excluding diaryl/α,β-unsaturated/α-hetero) is 1. The van der Waals surface area contributed by atoms with Gasteiger partial charge >= 0.3 is 0 Å². The number of aromatic amines is 1. The zero-order valence-electron chi connectivity index (χ0n) is 14.6. The SMILES string of the molecule is CCNC(=O)C(=O)CCC(C)NC(=O)c1c[nH]cc1C(C)(C)C. The molecule has 128 valence electrons. The van der Waals surface area contributed by atoms with E-state index in [1.165, 1.54) is 0 Å². The number of amides is 2. The zero-order valence-corrected chi connectivity index (χ0v) is 14.6. The zero-order chi connectivity index (χ0) is 17.6. The lowest BCUT2D eigenvalue weighted by Gasteiger charge is -2.20. The van der Waals surface area contributed by atoms with Crippen molar-refractivity contribution in [1.29, 1.82) is 0 Å². The Bertz CT molecular complexity index is 570. The van der Waals surface area contributed by atoms with Gasteiger partial charge in [-0.3, -0.25) is 14.4 Å². The van der Waals surface area contributed by atoms with Gasteiger partial charge in [-0.05, 0) is 31.2 Å². The number of ketones is 1. The van der Waals surface area contributed by atoms with E-state index in [9.17, 15) is 14.4 Å². The second-order valence-electron chi connectivity index (χ2n) is 6.73. The molecule has 0 saturated carbocycles. The number of carbonyl (C=O) groups excluding carboxylic acids is 3. The summed E-state index contributed by atoms with van der Waals surface area (Å²) in [4.78, 5) is 38.3. The molecular formula is C17H27N3O3. The van der Waals surface area contributed by atoms with E-state index in [1.807, 2.05) is 33.9 Å². The molecule has 1 aromatic rings. The molecular weight excluding hydrogens is 294 g/mol. The predicted molar refractivity (Wildman–Crippen MR) is 89.3 cm³/mol. The van der Waals surface area contributed by atoms with Crippen molar-refractivity contribution < 1.29 is 14.4 Å². The summed E-state index contributed by atoms with van der Waals surface area (Å²) >= 11 is 0. The number of aromatic nitrogens is 1. The van der Waals surface area contributed by atoms with Crippen molar-refractivity contribution in [1.82, 2.24) is 15.6 Å². The molecule has 1 rings (SSSR count). The van der Waals surface area contributed by atoms with E-state index in [0.29, 0.717) is 18.5 Å². The number of H-pyrrole nitrogens is 1. The Balaban J connectivity index is 2.57. The first kappa shape index (κ1) is 18.9. The van der Waals surface area contributed by atoms with Crippen LogP contribution in [0, 0.1) is 0 Å². The minimum Gasteiger partial charge on any atom is -0.367 e. The molecule has 0 radical (unpaired) electrons. The summed E-state index contributed by atoms with van der Waals surface area (Å²) in [5, 5.41) is 5.35. The second kappa shape index (κ2) is 7.94. The van der Waals surface area contributed by atoms with E-state index in [4.69, 9.17) is 0 Å². The molecule has 2 amide bonds. The number of hydrogen-bond donors (Lipinski definition) is 3. The third-order valence-electron chi connectivity index (χ3n) is 3.57. The molecule has 6 heteroatoms. The van der Waals surface area contributed by atoms with Gasteiger partial charge in [0.05, 0.1) is 5.56 Å². The summed E-state index contributed by atoms with van der Waals surface area (Å²) in [6.07, 6.45) is 4.06. The Labute approximate surface area is 137 Å². The molecule has 3 N–H and O–H groups in total. The molecule has 0 bridgehead atoms. The van der Waals surface area contributed by atoms with Crippen LogP contribution in [0.1, 0.15) is 63.4 Å². The van der Waals surface area contributed by atoms with Gasteiger partial charge in [0, 0.05) is 31.4 Å². The number of rotatable bonds is 7. The Morgan fingerprint density at radius 1 is 1.22 bits per heavy atom. The highest BCUT2D eigenvalue weighted by Crippen LogP contribution is 2.25. The minimum atomic E-state index is -0.563. The van der Waals surface area contributed by atoms with Gasteiger partial charge in [0.2, 0.25) is 5.78 Å². The second-order valence-corrected chi connectivity index (χ2v) is 6.73. The maximum Gasteiger partial charge on any atom is 0.287 e. The summed E-state index contributed by atoms with van der Waals surface area (Å²) in [6, 6.07) is -0.191. The summed E-state index contributed by atoms with van der Waals surface area (Å²) in [6.45, 7) is 10.1. The molecule has 0 spiro atoms. The third kappa shape index (κ3) is 5.54. The average Bonchev–Trinajstić information content (AvgIpc) is 2.94. The third-order valence-corrected chi connectivity index (χ3v) is 3.57. The van der Waals surface area contributed by atoms with Crippen molar-refractivity contribution in [2.45, 2.75) is 58.9 Å². The highest BCUT2D eigenvalue weighted by atomic mass is 16.2. The first-order valence-corrected chi connectivity index (χ1v) is 7.96. The number of nitrogens with one attached hydrogen (secondary N) is 3. The van der Waals surface area contributed by atoms with Gasteiger partial charge in [-0.15, -0.1) is 0 Å². The van der Waals surface area contributed by atoms with Gasteiger partial charge in [-0.25, -0.2) is 0 Å². The first-order valence-electron chi connectivity index (χ1n) is 7.96. The predicted octanol–water partition coefficient (Wildman–Crippen LogP) is 1.92. The minimum absolute atomic E-state index is 0.118. The van der Waals surface area contributed by atoms with Crippen molar-refractivity contribution in [3.8, 4) is 0 Å². The van der Waals surface area contributed by atoms with Crippen LogP contribution < -0.4 is 10.6 Å². The van der Waals surface area contributed by atoms with Gasteiger partial charge in [0.15, 0.2) is 0 Å². The van der Waals surface area contributed by atoms with Crippen LogP contribution in [-0.4, -0.2) is 35.2 Å². The van der Waals surface area contributed by atoms with Crippen molar-refractivity contribution in [2.24, 2.45) is 0 Å². The summed E-state index contributed by atoms with van der Waals surface area (Å²) in [5.74, 6) is -1.19. The van der Waals surface area contributed by atoms with Crippen molar-refractivity contribution in [2.75, 3.05) is 6.54 Å². The summed E-state index contributed by atoms with van der Waals surface area (Å²) in [5.41, 5.74) is 1.42. The molecule has 1 aromatic heterocycles. The largest absolute Gasteiger partial charge is 0.367 e. The summed E-state index contributed by atoms with van der Waals surface area (Å²) < 4.78 is 0. The maximum atomic E-state index is 12.4. The highest BCUT2D eigenvalue weighted by molar-refractivity contribution is 6.36. The molecule has 0 aliphatic carbocycles. The first-order chi connectivity index (χ1) is 10.7. The topological polar surface area (TPSA) is 91.1 Å². The van der Waals surface area contributed by atoms with Crippen molar-refractivity contribution in [3.63, 3.8) is 0 Å². The average molecular weight is 321 g/mol. The van der Waals surface area contributed by atoms with Crippen LogP contribution >= 0.6 is 0 Å². The van der Waals surface area contributed by atoms with Crippen molar-refractivity contribution >= 4 is 17.6 Å². The van der Waals surface area contributed by atoms with Gasteiger partial charge in [0.25, 0.3) is 11.8 Å². The van der Waals surface area contributed by atoms with E-state index in [-0.39, 0.29) is 23.8 Å². The Morgan fingerprint density at radius 2 is 1.87 bits per heavy atom. The smallest absolute Gasteiger partial charge is 0.287 e. The lowest BCUT2D eigenvalue weighted by atomic mass is 9.86. The van der Waals surface area contributed by atoms with E-state index >= 15 is 0 Å². The van der Waals surface area contributed by atoms with E-state index < -0.39 is 11.7 Å². The maximum absolute atomic E-state index is 12.4. The fourth-order valence-corrected chi connectivity index (χ4v) is 2.27. The Morgan fingerprint density at radius 3 is 2.43 bits per heavy atom. The molecule has 23 heavy (non-hydrogen) atoms. The standard InChI is InChI=1S/C17H27N3O3/c1-6-19-16(23)14(21)8-7-11(2)20-15(22)12-9-18-10-13(12)17(3,4)5/h9-11,18H,6-8H2,1-5H3,(H,19,23)(H,20,22). The monoisotopic (exact) mass is 321 g/mol. The molecule has 0 aliphatic rings. The van der Waals surface area contributed by atoms with Crippen LogP contribution in [0.25, 0.3) is 0 Å². The Kier molecular flexibility index (Phi) is 6.54. The number of likely N-dealkylation sites (N-methyl/N-ethyl adjacent to an activating group) is 1. The van der Waals surface area contributed by atoms with Gasteiger partial charge in [-0.2, -0.15) is 0 Å². The van der Waals surface area contributed by atoms with Crippen LogP contribution in [0.15, 0.2) is 12.4 Å². The van der Waals surface area contributed by atoms with Gasteiger partial charge < -0.3 is 15.6 Å². The summed E-state index contributed by atoms with van der Waals surface area (Å²) in [7, 11) is 0. The number of hydrogen-bond acceptors (Lipinski definition) is 3. The van der Waals surface area contributed by atoms with Crippen LogP contribution in [0.3, 0.4) is 0 Å². The van der Waals surface area contributed by atoms with Gasteiger partial charge in [-0.1, -0.05) is 20.8 Å². The van der Waals surface area contributed by atoms with E-state index in [1.54, 1.807) is 13.1 Å². The molecule has 0 aliphatic heterocycles. The molecule has 1 atom stereocenters.